The number of aromatic nitrogens is 1. The summed E-state index contributed by atoms with van der Waals surface area (Å²) in [5.41, 5.74) is -0.981. The Morgan fingerprint density at radius 1 is 1.32 bits per heavy atom. The molecule has 4 nitrogen and oxygen atoms in total. The number of carboxylic acid groups (broad SMARTS) is 1. The first-order chi connectivity index (χ1) is 8.91. The number of hydrogen-bond donors (Lipinski definition) is 1. The standard InChI is InChI=1S/C13H9BrFNO3/c1-16-5-4-8(11(12(16)17)13(18)19)9-6-7(14)2-3-10(9)15/h2-6H,1H3,(H,18,19). The van der Waals surface area contributed by atoms with Crippen LogP contribution in [0.5, 0.6) is 0 Å². The Kier molecular flexibility index (Phi) is 3.53. The van der Waals surface area contributed by atoms with Gasteiger partial charge in [0.05, 0.1) is 0 Å². The van der Waals surface area contributed by atoms with Crippen molar-refractivity contribution in [2.75, 3.05) is 0 Å². The van der Waals surface area contributed by atoms with E-state index in [9.17, 15) is 14.0 Å². The topological polar surface area (TPSA) is 59.3 Å². The SMILES string of the molecule is Cn1ccc(-c2cc(Br)ccc2F)c(C(=O)O)c1=O. The van der Waals surface area contributed by atoms with Crippen molar-refractivity contribution in [2.24, 2.45) is 7.05 Å². The molecule has 1 aromatic carbocycles. The van der Waals surface area contributed by atoms with Gasteiger partial charge < -0.3 is 9.67 Å². The van der Waals surface area contributed by atoms with E-state index in [0.717, 1.165) is 4.57 Å². The summed E-state index contributed by atoms with van der Waals surface area (Å²) in [6, 6.07) is 5.56. The van der Waals surface area contributed by atoms with E-state index in [1.165, 1.54) is 37.5 Å². The van der Waals surface area contributed by atoms with E-state index in [-0.39, 0.29) is 11.1 Å². The van der Waals surface area contributed by atoms with Crippen LogP contribution in [-0.4, -0.2) is 15.6 Å². The molecule has 0 spiro atoms. The van der Waals surface area contributed by atoms with Gasteiger partial charge in [0.25, 0.3) is 5.56 Å². The summed E-state index contributed by atoms with van der Waals surface area (Å²) in [5, 5.41) is 9.14. The van der Waals surface area contributed by atoms with E-state index in [1.807, 2.05) is 0 Å². The van der Waals surface area contributed by atoms with Crippen molar-refractivity contribution in [3.05, 3.63) is 56.7 Å². The normalized spacial score (nSPS) is 10.5. The fourth-order valence-corrected chi connectivity index (χ4v) is 2.13. The first-order valence-corrected chi connectivity index (χ1v) is 6.09. The zero-order valence-electron chi connectivity index (χ0n) is 9.85. The Hall–Kier alpha value is -1.95. The minimum atomic E-state index is -1.38. The largest absolute Gasteiger partial charge is 0.477 e. The summed E-state index contributed by atoms with van der Waals surface area (Å²) in [4.78, 5) is 23.1. The zero-order chi connectivity index (χ0) is 14.2. The number of hydrogen-bond acceptors (Lipinski definition) is 2. The van der Waals surface area contributed by atoms with Crippen LogP contribution in [0.3, 0.4) is 0 Å². The maximum atomic E-state index is 13.8. The molecular weight excluding hydrogens is 317 g/mol. The lowest BCUT2D eigenvalue weighted by atomic mass is 10.0. The van der Waals surface area contributed by atoms with Crippen molar-refractivity contribution >= 4 is 21.9 Å². The lowest BCUT2D eigenvalue weighted by molar-refractivity contribution is 0.0695. The molecule has 6 heteroatoms. The van der Waals surface area contributed by atoms with E-state index in [4.69, 9.17) is 5.11 Å². The molecule has 0 aliphatic heterocycles. The van der Waals surface area contributed by atoms with Gasteiger partial charge in [-0.15, -0.1) is 0 Å². The number of rotatable bonds is 2. The maximum Gasteiger partial charge on any atom is 0.341 e. The van der Waals surface area contributed by atoms with Crippen molar-refractivity contribution in [1.82, 2.24) is 4.57 Å². The number of benzene rings is 1. The molecule has 0 unspecified atom stereocenters. The molecular formula is C13H9BrFNO3. The second-order valence-electron chi connectivity index (χ2n) is 3.95. The van der Waals surface area contributed by atoms with Crippen molar-refractivity contribution < 1.29 is 14.3 Å². The van der Waals surface area contributed by atoms with Gasteiger partial charge >= 0.3 is 5.97 Å². The van der Waals surface area contributed by atoms with Gasteiger partial charge in [-0.25, -0.2) is 9.18 Å². The number of carbonyl (C=O) groups is 1. The number of nitrogens with zero attached hydrogens (tertiary/aromatic N) is 1. The van der Waals surface area contributed by atoms with E-state index < -0.39 is 22.9 Å². The smallest absolute Gasteiger partial charge is 0.341 e. The Balaban J connectivity index is 2.83. The van der Waals surface area contributed by atoms with E-state index in [0.29, 0.717) is 4.47 Å². The van der Waals surface area contributed by atoms with Crippen LogP contribution >= 0.6 is 15.9 Å². The summed E-state index contributed by atoms with van der Waals surface area (Å²) >= 11 is 3.19. The highest BCUT2D eigenvalue weighted by molar-refractivity contribution is 9.10. The Morgan fingerprint density at radius 2 is 2.00 bits per heavy atom. The van der Waals surface area contributed by atoms with Crippen molar-refractivity contribution in [2.45, 2.75) is 0 Å². The first-order valence-electron chi connectivity index (χ1n) is 5.30. The molecule has 19 heavy (non-hydrogen) atoms. The molecule has 0 atom stereocenters. The molecule has 1 aromatic heterocycles. The second kappa shape index (κ2) is 4.97. The molecule has 1 heterocycles. The molecule has 0 aliphatic rings. The van der Waals surface area contributed by atoms with Crippen molar-refractivity contribution in [3.63, 3.8) is 0 Å². The Morgan fingerprint density at radius 3 is 2.63 bits per heavy atom. The number of aromatic carboxylic acids is 1. The highest BCUT2D eigenvalue weighted by Gasteiger charge is 2.19. The van der Waals surface area contributed by atoms with Gasteiger partial charge in [0.1, 0.15) is 11.4 Å². The molecule has 2 aromatic rings. The molecule has 2 rings (SSSR count). The van der Waals surface area contributed by atoms with Crippen LogP contribution in [0, 0.1) is 5.82 Å². The minimum Gasteiger partial charge on any atom is -0.477 e. The third-order valence-electron chi connectivity index (χ3n) is 2.70. The minimum absolute atomic E-state index is 0.0643. The van der Waals surface area contributed by atoms with E-state index in [2.05, 4.69) is 15.9 Å². The quantitative estimate of drug-likeness (QED) is 0.923. The van der Waals surface area contributed by atoms with Crippen molar-refractivity contribution in [1.29, 1.82) is 0 Å². The van der Waals surface area contributed by atoms with Gasteiger partial charge in [-0.3, -0.25) is 4.79 Å². The van der Waals surface area contributed by atoms with Crippen LogP contribution in [0.2, 0.25) is 0 Å². The van der Waals surface area contributed by atoms with Gasteiger partial charge in [-0.05, 0) is 24.3 Å². The van der Waals surface area contributed by atoms with Gasteiger partial charge in [0.2, 0.25) is 0 Å². The first kappa shape index (κ1) is 13.5. The Labute approximate surface area is 116 Å². The molecule has 0 bridgehead atoms. The maximum absolute atomic E-state index is 13.8. The van der Waals surface area contributed by atoms with Gasteiger partial charge in [-0.1, -0.05) is 15.9 Å². The third-order valence-corrected chi connectivity index (χ3v) is 3.19. The van der Waals surface area contributed by atoms with E-state index >= 15 is 0 Å². The number of pyridine rings is 1. The molecule has 0 fully saturated rings. The summed E-state index contributed by atoms with van der Waals surface area (Å²) in [7, 11) is 1.44. The average Bonchev–Trinajstić information content (AvgIpc) is 2.35. The van der Waals surface area contributed by atoms with Gasteiger partial charge in [0, 0.05) is 28.8 Å². The summed E-state index contributed by atoms with van der Waals surface area (Å²) in [5.74, 6) is -1.96. The zero-order valence-corrected chi connectivity index (χ0v) is 11.4. The molecule has 0 saturated carbocycles. The summed E-state index contributed by atoms with van der Waals surface area (Å²) in [6.45, 7) is 0. The lowest BCUT2D eigenvalue weighted by Crippen LogP contribution is -2.24. The average molecular weight is 326 g/mol. The molecule has 0 amide bonds. The van der Waals surface area contributed by atoms with Crippen LogP contribution < -0.4 is 5.56 Å². The molecule has 0 radical (unpaired) electrons. The molecule has 1 N–H and O–H groups in total. The van der Waals surface area contributed by atoms with Crippen LogP contribution in [0.15, 0.2) is 39.7 Å². The fourth-order valence-electron chi connectivity index (χ4n) is 1.76. The third kappa shape index (κ3) is 2.44. The number of aryl methyl sites for hydroxylation is 1. The Bertz CT molecular complexity index is 724. The second-order valence-corrected chi connectivity index (χ2v) is 4.87. The van der Waals surface area contributed by atoms with Crippen LogP contribution in [0.4, 0.5) is 4.39 Å². The van der Waals surface area contributed by atoms with Crippen LogP contribution in [0.25, 0.3) is 11.1 Å². The monoisotopic (exact) mass is 325 g/mol. The predicted octanol–water partition coefficient (Wildman–Crippen LogP) is 2.65. The molecule has 98 valence electrons. The number of halogens is 2. The van der Waals surface area contributed by atoms with Crippen LogP contribution in [0.1, 0.15) is 10.4 Å². The fraction of sp³-hybridized carbons (Fsp3) is 0.0769. The highest BCUT2D eigenvalue weighted by Crippen LogP contribution is 2.27. The lowest BCUT2D eigenvalue weighted by Gasteiger charge is -2.09. The predicted molar refractivity (Wildman–Crippen MR) is 71.7 cm³/mol. The number of carboxylic acids is 1. The van der Waals surface area contributed by atoms with Crippen molar-refractivity contribution in [3.8, 4) is 11.1 Å². The van der Waals surface area contributed by atoms with Gasteiger partial charge in [0.15, 0.2) is 0 Å². The van der Waals surface area contributed by atoms with E-state index in [1.54, 1.807) is 0 Å². The summed E-state index contributed by atoms with van der Waals surface area (Å²) in [6.07, 6.45) is 1.41. The molecule has 0 aliphatic carbocycles. The van der Waals surface area contributed by atoms with Crippen LogP contribution in [-0.2, 0) is 7.05 Å². The summed E-state index contributed by atoms with van der Waals surface area (Å²) < 4.78 is 15.5. The highest BCUT2D eigenvalue weighted by atomic mass is 79.9. The molecule has 0 saturated heterocycles. The van der Waals surface area contributed by atoms with Gasteiger partial charge in [-0.2, -0.15) is 0 Å².